The molecule has 0 radical (unpaired) electrons. The maximum atomic E-state index is 13.3. The first kappa shape index (κ1) is 18.2. The molecule has 1 amide bonds. The van der Waals surface area contributed by atoms with Gasteiger partial charge in [-0.2, -0.15) is 0 Å². The quantitative estimate of drug-likeness (QED) is 0.868. The van der Waals surface area contributed by atoms with Crippen LogP contribution in [0.1, 0.15) is 54.2 Å². The Bertz CT molecular complexity index is 868. The highest BCUT2D eigenvalue weighted by Gasteiger charge is 2.32. The Morgan fingerprint density at radius 3 is 2.79 bits per heavy atom. The zero-order valence-electron chi connectivity index (χ0n) is 16.9. The number of rotatable bonds is 2. The highest BCUT2D eigenvalue weighted by molar-refractivity contribution is 5.99. The maximum Gasteiger partial charge on any atom is 0.254 e. The lowest BCUT2D eigenvalue weighted by Gasteiger charge is -2.44. The number of benzene rings is 1. The van der Waals surface area contributed by atoms with Crippen LogP contribution >= 0.6 is 0 Å². The van der Waals surface area contributed by atoms with Gasteiger partial charge in [0, 0.05) is 67.1 Å². The smallest absolute Gasteiger partial charge is 0.254 e. The highest BCUT2D eigenvalue weighted by atomic mass is 16.5. The second-order valence-corrected chi connectivity index (χ2v) is 8.74. The van der Waals surface area contributed by atoms with Gasteiger partial charge in [-0.3, -0.25) is 9.69 Å². The minimum atomic E-state index is 0.187. The van der Waals surface area contributed by atoms with Gasteiger partial charge in [0.15, 0.2) is 0 Å². The molecule has 0 unspecified atom stereocenters. The van der Waals surface area contributed by atoms with Gasteiger partial charge in [0.2, 0.25) is 0 Å². The molecular weight excluding hydrogens is 350 g/mol. The van der Waals surface area contributed by atoms with Gasteiger partial charge in [-0.15, -0.1) is 0 Å². The SMILES string of the molecule is C[C@H]1CN(C2CCOCC2)CCN1C(=O)c1ccc2[nH]c3c(c2c1)CCCC3. The number of fused-ring (bicyclic) bond motifs is 3. The Hall–Kier alpha value is -1.85. The fourth-order valence-corrected chi connectivity index (χ4v) is 5.37. The molecule has 1 aromatic carbocycles. The molecule has 1 atom stereocenters. The van der Waals surface area contributed by atoms with Gasteiger partial charge >= 0.3 is 0 Å². The molecular formula is C23H31N3O2. The number of H-pyrrole nitrogens is 1. The molecule has 1 aliphatic carbocycles. The molecule has 2 aromatic rings. The molecule has 2 saturated heterocycles. The van der Waals surface area contributed by atoms with E-state index in [4.69, 9.17) is 4.74 Å². The number of aromatic nitrogens is 1. The van der Waals surface area contributed by atoms with Gasteiger partial charge in [-0.1, -0.05) is 0 Å². The summed E-state index contributed by atoms with van der Waals surface area (Å²) in [4.78, 5) is 21.5. The lowest BCUT2D eigenvalue weighted by molar-refractivity contribution is 0.000718. The highest BCUT2D eigenvalue weighted by Crippen LogP contribution is 2.30. The topological polar surface area (TPSA) is 48.6 Å². The predicted molar refractivity (Wildman–Crippen MR) is 111 cm³/mol. The van der Waals surface area contributed by atoms with Crippen LogP contribution in [0.4, 0.5) is 0 Å². The van der Waals surface area contributed by atoms with E-state index in [2.05, 4.69) is 33.8 Å². The van der Waals surface area contributed by atoms with Crippen molar-refractivity contribution in [2.24, 2.45) is 0 Å². The Morgan fingerprint density at radius 1 is 1.14 bits per heavy atom. The molecule has 5 nitrogen and oxygen atoms in total. The molecule has 2 fully saturated rings. The summed E-state index contributed by atoms with van der Waals surface area (Å²) in [5.74, 6) is 0.187. The summed E-state index contributed by atoms with van der Waals surface area (Å²) in [7, 11) is 0. The van der Waals surface area contributed by atoms with Gasteiger partial charge in [0.1, 0.15) is 0 Å². The number of nitrogens with one attached hydrogen (secondary N) is 1. The number of piperazine rings is 1. The fraction of sp³-hybridized carbons (Fsp3) is 0.609. The average molecular weight is 382 g/mol. The van der Waals surface area contributed by atoms with Crippen LogP contribution in [0.2, 0.25) is 0 Å². The van der Waals surface area contributed by atoms with E-state index in [1.807, 2.05) is 6.07 Å². The van der Waals surface area contributed by atoms with E-state index in [9.17, 15) is 4.79 Å². The van der Waals surface area contributed by atoms with Crippen LogP contribution in [0.3, 0.4) is 0 Å². The van der Waals surface area contributed by atoms with Crippen LogP contribution in [-0.4, -0.2) is 65.6 Å². The molecule has 1 aromatic heterocycles. The van der Waals surface area contributed by atoms with E-state index in [1.54, 1.807) is 0 Å². The van der Waals surface area contributed by atoms with Crippen molar-refractivity contribution < 1.29 is 9.53 Å². The summed E-state index contributed by atoms with van der Waals surface area (Å²) < 4.78 is 5.51. The largest absolute Gasteiger partial charge is 0.381 e. The second kappa shape index (κ2) is 7.53. The van der Waals surface area contributed by atoms with E-state index in [1.165, 1.54) is 35.0 Å². The lowest BCUT2D eigenvalue weighted by Crippen LogP contribution is -2.57. The number of ether oxygens (including phenoxy) is 1. The third-order valence-electron chi connectivity index (χ3n) is 6.97. The van der Waals surface area contributed by atoms with E-state index in [-0.39, 0.29) is 11.9 Å². The molecule has 5 heteroatoms. The number of carbonyl (C=O) groups excluding carboxylic acids is 1. The summed E-state index contributed by atoms with van der Waals surface area (Å²) in [6, 6.07) is 7.11. The fourth-order valence-electron chi connectivity index (χ4n) is 5.37. The molecule has 0 saturated carbocycles. The number of nitrogens with zero attached hydrogens (tertiary/aromatic N) is 2. The van der Waals surface area contributed by atoms with Gasteiger partial charge in [0.05, 0.1) is 0 Å². The number of aryl methyl sites for hydroxylation is 2. The Kier molecular flexibility index (Phi) is 4.89. The van der Waals surface area contributed by atoms with Crippen LogP contribution in [-0.2, 0) is 17.6 Å². The normalized spacial score (nSPS) is 24.5. The van der Waals surface area contributed by atoms with E-state index < -0.39 is 0 Å². The van der Waals surface area contributed by atoms with Gasteiger partial charge in [0.25, 0.3) is 5.91 Å². The van der Waals surface area contributed by atoms with E-state index >= 15 is 0 Å². The molecule has 0 bridgehead atoms. The van der Waals surface area contributed by atoms with Crippen molar-refractivity contribution in [2.45, 2.75) is 57.5 Å². The Morgan fingerprint density at radius 2 is 1.96 bits per heavy atom. The zero-order valence-corrected chi connectivity index (χ0v) is 16.9. The Labute approximate surface area is 167 Å². The first-order valence-corrected chi connectivity index (χ1v) is 11.0. The number of hydrogen-bond donors (Lipinski definition) is 1. The van der Waals surface area contributed by atoms with Crippen molar-refractivity contribution >= 4 is 16.8 Å². The summed E-state index contributed by atoms with van der Waals surface area (Å²) in [6.45, 7) is 6.71. The van der Waals surface area contributed by atoms with Crippen molar-refractivity contribution in [3.63, 3.8) is 0 Å². The lowest BCUT2D eigenvalue weighted by atomic mass is 9.95. The van der Waals surface area contributed by atoms with Crippen LogP contribution in [0.5, 0.6) is 0 Å². The number of amides is 1. The third kappa shape index (κ3) is 3.25. The number of hydrogen-bond acceptors (Lipinski definition) is 3. The second-order valence-electron chi connectivity index (χ2n) is 8.74. The van der Waals surface area contributed by atoms with Crippen LogP contribution in [0.25, 0.3) is 10.9 Å². The van der Waals surface area contributed by atoms with Gasteiger partial charge < -0.3 is 14.6 Å². The molecule has 3 aliphatic rings. The van der Waals surface area contributed by atoms with Crippen molar-refractivity contribution in [3.05, 3.63) is 35.0 Å². The van der Waals surface area contributed by atoms with E-state index in [0.717, 1.165) is 64.1 Å². The Balaban J connectivity index is 1.33. The number of carbonyl (C=O) groups is 1. The summed E-state index contributed by atoms with van der Waals surface area (Å²) in [5, 5.41) is 1.26. The average Bonchev–Trinajstić information content (AvgIpc) is 3.12. The zero-order chi connectivity index (χ0) is 19.1. The monoisotopic (exact) mass is 381 g/mol. The predicted octanol–water partition coefficient (Wildman–Crippen LogP) is 3.37. The molecule has 1 N–H and O–H groups in total. The van der Waals surface area contributed by atoms with Gasteiger partial charge in [-0.25, -0.2) is 0 Å². The first-order chi connectivity index (χ1) is 13.7. The molecule has 150 valence electrons. The minimum absolute atomic E-state index is 0.187. The first-order valence-electron chi connectivity index (χ1n) is 11.0. The summed E-state index contributed by atoms with van der Waals surface area (Å²) in [6.07, 6.45) is 7.03. The van der Waals surface area contributed by atoms with Crippen LogP contribution in [0.15, 0.2) is 18.2 Å². The molecule has 5 rings (SSSR count). The van der Waals surface area contributed by atoms with Crippen LogP contribution in [0, 0.1) is 0 Å². The minimum Gasteiger partial charge on any atom is -0.381 e. The van der Waals surface area contributed by atoms with Crippen molar-refractivity contribution in [1.82, 2.24) is 14.8 Å². The summed E-state index contributed by atoms with van der Waals surface area (Å²) >= 11 is 0. The maximum absolute atomic E-state index is 13.3. The van der Waals surface area contributed by atoms with Crippen LogP contribution < -0.4 is 0 Å². The van der Waals surface area contributed by atoms with Crippen molar-refractivity contribution in [3.8, 4) is 0 Å². The standard InChI is InChI=1S/C23H31N3O2/c1-16-15-25(18-8-12-28-13-9-18)10-11-26(16)23(27)17-6-7-22-20(14-17)19-4-2-3-5-21(19)24-22/h6-7,14,16,18,24H,2-5,8-13,15H2,1H3/t16-/m0/s1. The van der Waals surface area contributed by atoms with Crippen molar-refractivity contribution in [1.29, 1.82) is 0 Å². The molecule has 28 heavy (non-hydrogen) atoms. The molecule has 3 heterocycles. The summed E-state index contributed by atoms with van der Waals surface area (Å²) in [5.41, 5.74) is 4.84. The van der Waals surface area contributed by atoms with E-state index in [0.29, 0.717) is 6.04 Å². The number of aromatic amines is 1. The third-order valence-corrected chi connectivity index (χ3v) is 6.97. The van der Waals surface area contributed by atoms with Crippen molar-refractivity contribution in [2.75, 3.05) is 32.8 Å². The molecule has 0 spiro atoms. The molecule has 2 aliphatic heterocycles. The van der Waals surface area contributed by atoms with Gasteiger partial charge in [-0.05, 0) is 69.2 Å².